The van der Waals surface area contributed by atoms with Gasteiger partial charge < -0.3 is 10.2 Å². The van der Waals surface area contributed by atoms with Crippen molar-refractivity contribution in [2.24, 2.45) is 10.2 Å². The molecule has 0 aliphatic rings. The maximum absolute atomic E-state index is 11.8. The van der Waals surface area contributed by atoms with Crippen LogP contribution < -0.4 is 0 Å². The van der Waals surface area contributed by atoms with Gasteiger partial charge in [0.2, 0.25) is 0 Å². The van der Waals surface area contributed by atoms with Gasteiger partial charge in [-0.15, -0.1) is 5.11 Å². The summed E-state index contributed by atoms with van der Waals surface area (Å²) in [5.74, 6) is -0.460. The monoisotopic (exact) mass is 331 g/mol. The van der Waals surface area contributed by atoms with Crippen molar-refractivity contribution in [3.8, 4) is 11.8 Å². The van der Waals surface area contributed by atoms with E-state index in [1.807, 2.05) is 6.07 Å². The number of aromatic hydroxyl groups is 1. The van der Waals surface area contributed by atoms with E-state index in [1.165, 1.54) is 42.5 Å². The maximum atomic E-state index is 11.8. The molecule has 0 bridgehead atoms. The van der Waals surface area contributed by atoms with Crippen LogP contribution in [0.4, 0.5) is 11.4 Å². The van der Waals surface area contributed by atoms with Crippen LogP contribution in [0.1, 0.15) is 5.56 Å². The number of phenols is 1. The molecule has 2 aromatic carbocycles. The number of nitriles is 1. The molecule has 0 fully saturated rings. The number of nitrogens with zero attached hydrogens (tertiary/aromatic N) is 3. The lowest BCUT2D eigenvalue weighted by Gasteiger charge is -2.02. The molecule has 0 aliphatic carbocycles. The molecule has 7 nitrogen and oxygen atoms in total. The lowest BCUT2D eigenvalue weighted by atomic mass is 10.2. The Hall–Kier alpha value is -2.76. The van der Waals surface area contributed by atoms with Crippen molar-refractivity contribution < 1.29 is 18.6 Å². The average molecular weight is 331 g/mol. The highest BCUT2D eigenvalue weighted by Crippen LogP contribution is 2.29. The Kier molecular flexibility index (Phi) is 5.05. The summed E-state index contributed by atoms with van der Waals surface area (Å²) in [6.07, 6.45) is 0. The van der Waals surface area contributed by atoms with E-state index in [1.54, 1.807) is 0 Å². The normalized spacial score (nSPS) is 11.5. The third-order valence-electron chi connectivity index (χ3n) is 2.93. The van der Waals surface area contributed by atoms with E-state index in [2.05, 4.69) is 10.2 Å². The van der Waals surface area contributed by atoms with Gasteiger partial charge >= 0.3 is 0 Å². The van der Waals surface area contributed by atoms with Crippen LogP contribution in [-0.2, 0) is 9.84 Å². The van der Waals surface area contributed by atoms with Crippen LogP contribution >= 0.6 is 0 Å². The fourth-order valence-electron chi connectivity index (χ4n) is 1.74. The topological polar surface area (TPSA) is 123 Å². The van der Waals surface area contributed by atoms with Crippen molar-refractivity contribution in [1.29, 1.82) is 5.26 Å². The Morgan fingerprint density at radius 3 is 2.39 bits per heavy atom. The molecule has 0 amide bonds. The maximum Gasteiger partial charge on any atom is 0.180 e. The lowest BCUT2D eigenvalue weighted by molar-refractivity contribution is 0.319. The summed E-state index contributed by atoms with van der Waals surface area (Å²) < 4.78 is 23.5. The smallest absolute Gasteiger partial charge is 0.180 e. The highest BCUT2D eigenvalue weighted by molar-refractivity contribution is 7.91. The Bertz CT molecular complexity index is 869. The minimum absolute atomic E-state index is 0.0832. The minimum atomic E-state index is -3.51. The van der Waals surface area contributed by atoms with Gasteiger partial charge in [-0.25, -0.2) is 8.42 Å². The first kappa shape index (κ1) is 16.6. The zero-order chi connectivity index (χ0) is 16.9. The van der Waals surface area contributed by atoms with E-state index in [0.29, 0.717) is 11.3 Å². The molecule has 0 aromatic heterocycles. The second kappa shape index (κ2) is 7.00. The molecule has 0 saturated carbocycles. The number of aliphatic hydroxyl groups is 1. The molecule has 23 heavy (non-hydrogen) atoms. The first-order chi connectivity index (χ1) is 11.0. The van der Waals surface area contributed by atoms with Crippen LogP contribution in [0.3, 0.4) is 0 Å². The number of azo groups is 1. The van der Waals surface area contributed by atoms with E-state index in [9.17, 15) is 13.5 Å². The predicted octanol–water partition coefficient (Wildman–Crippen LogP) is 2.45. The van der Waals surface area contributed by atoms with Crippen LogP contribution in [0, 0.1) is 11.3 Å². The van der Waals surface area contributed by atoms with E-state index < -0.39 is 16.4 Å². The van der Waals surface area contributed by atoms with Gasteiger partial charge in [0, 0.05) is 0 Å². The van der Waals surface area contributed by atoms with E-state index in [-0.39, 0.29) is 22.1 Å². The highest BCUT2D eigenvalue weighted by atomic mass is 32.2. The second-order valence-corrected chi connectivity index (χ2v) is 6.66. The van der Waals surface area contributed by atoms with Crippen LogP contribution in [-0.4, -0.2) is 31.0 Å². The van der Waals surface area contributed by atoms with Gasteiger partial charge in [-0.05, 0) is 42.5 Å². The number of sulfone groups is 1. The van der Waals surface area contributed by atoms with Crippen LogP contribution in [0.15, 0.2) is 57.6 Å². The van der Waals surface area contributed by atoms with Crippen molar-refractivity contribution in [3.05, 3.63) is 48.0 Å². The highest BCUT2D eigenvalue weighted by Gasteiger charge is 2.13. The Balaban J connectivity index is 2.23. The van der Waals surface area contributed by atoms with Gasteiger partial charge in [0.05, 0.1) is 34.6 Å². The third-order valence-corrected chi connectivity index (χ3v) is 4.64. The number of hydrogen-bond donors (Lipinski definition) is 2. The summed E-state index contributed by atoms with van der Waals surface area (Å²) >= 11 is 0. The van der Waals surface area contributed by atoms with Crippen LogP contribution in [0.2, 0.25) is 0 Å². The summed E-state index contributed by atoms with van der Waals surface area (Å²) in [4.78, 5) is 0.0832. The number of aliphatic hydroxyl groups excluding tert-OH is 1. The molecule has 0 spiro atoms. The Morgan fingerprint density at radius 2 is 1.78 bits per heavy atom. The first-order valence-corrected chi connectivity index (χ1v) is 8.20. The summed E-state index contributed by atoms with van der Waals surface area (Å²) in [5.41, 5.74) is 0.859. The van der Waals surface area contributed by atoms with Gasteiger partial charge in [-0.1, -0.05) is 0 Å². The van der Waals surface area contributed by atoms with Gasteiger partial charge in [-0.2, -0.15) is 10.4 Å². The fraction of sp³-hybridized carbons (Fsp3) is 0.133. The van der Waals surface area contributed by atoms with Gasteiger partial charge in [0.1, 0.15) is 11.4 Å². The number of benzene rings is 2. The van der Waals surface area contributed by atoms with Gasteiger partial charge in [-0.3, -0.25) is 0 Å². The second-order valence-electron chi connectivity index (χ2n) is 4.55. The molecule has 0 heterocycles. The fourth-order valence-corrected chi connectivity index (χ4v) is 2.77. The molecule has 118 valence electrons. The average Bonchev–Trinajstić information content (AvgIpc) is 2.54. The van der Waals surface area contributed by atoms with E-state index >= 15 is 0 Å². The summed E-state index contributed by atoms with van der Waals surface area (Å²) in [6.45, 7) is -0.446. The van der Waals surface area contributed by atoms with Crippen molar-refractivity contribution in [2.75, 3.05) is 12.4 Å². The standard InChI is InChI=1S/C15H13N3O4S/c16-10-11-1-6-15(20)14(9-11)18-17-12-2-4-13(5-3-12)23(21,22)8-7-19/h1-6,9,19-20H,7-8H2/b18-17+. The molecule has 2 aromatic rings. The summed E-state index contributed by atoms with van der Waals surface area (Å²) in [5, 5.41) is 34.9. The zero-order valence-corrected chi connectivity index (χ0v) is 12.7. The van der Waals surface area contributed by atoms with E-state index in [4.69, 9.17) is 10.4 Å². The molecule has 2 rings (SSSR count). The Labute approximate surface area is 133 Å². The molecule has 0 aliphatic heterocycles. The number of hydrogen-bond acceptors (Lipinski definition) is 7. The molecule has 0 radical (unpaired) electrons. The largest absolute Gasteiger partial charge is 0.506 e. The predicted molar refractivity (Wildman–Crippen MR) is 82.6 cm³/mol. The zero-order valence-electron chi connectivity index (χ0n) is 11.9. The Morgan fingerprint density at radius 1 is 1.09 bits per heavy atom. The summed E-state index contributed by atoms with van der Waals surface area (Å²) in [7, 11) is -3.51. The number of rotatable bonds is 5. The number of phenolic OH excluding ortho intramolecular Hbond substituents is 1. The van der Waals surface area contributed by atoms with Crippen molar-refractivity contribution in [3.63, 3.8) is 0 Å². The summed E-state index contributed by atoms with van der Waals surface area (Å²) in [6, 6.07) is 11.8. The van der Waals surface area contributed by atoms with Crippen LogP contribution in [0.25, 0.3) is 0 Å². The lowest BCUT2D eigenvalue weighted by Crippen LogP contribution is -2.09. The first-order valence-electron chi connectivity index (χ1n) is 6.55. The molecule has 0 atom stereocenters. The van der Waals surface area contributed by atoms with Crippen LogP contribution in [0.5, 0.6) is 5.75 Å². The third kappa shape index (κ3) is 4.12. The SMILES string of the molecule is N#Cc1ccc(O)c(/N=N/c2ccc(S(=O)(=O)CCO)cc2)c1. The molecule has 0 saturated heterocycles. The molecule has 8 heteroatoms. The molecular weight excluding hydrogens is 318 g/mol. The quantitative estimate of drug-likeness (QED) is 0.814. The van der Waals surface area contributed by atoms with Crippen molar-refractivity contribution >= 4 is 21.2 Å². The van der Waals surface area contributed by atoms with Gasteiger partial charge in [0.15, 0.2) is 9.84 Å². The van der Waals surface area contributed by atoms with Crippen molar-refractivity contribution in [1.82, 2.24) is 0 Å². The molecule has 2 N–H and O–H groups in total. The molecular formula is C15H13N3O4S. The van der Waals surface area contributed by atoms with Crippen molar-refractivity contribution in [2.45, 2.75) is 4.90 Å². The van der Waals surface area contributed by atoms with E-state index in [0.717, 1.165) is 0 Å². The minimum Gasteiger partial charge on any atom is -0.506 e. The van der Waals surface area contributed by atoms with Gasteiger partial charge in [0.25, 0.3) is 0 Å². The molecule has 0 unspecified atom stereocenters.